The number of halogens is 1. The third kappa shape index (κ3) is 5.95. The summed E-state index contributed by atoms with van der Waals surface area (Å²) in [5, 5.41) is 12.6. The van der Waals surface area contributed by atoms with Gasteiger partial charge in [0.05, 0.1) is 0 Å². The largest absolute Gasteiger partial charge is 0.488 e. The fourth-order valence-corrected chi connectivity index (χ4v) is 3.82. The maximum Gasteiger partial charge on any atom is 0.262 e. The van der Waals surface area contributed by atoms with Gasteiger partial charge in [-0.2, -0.15) is 5.26 Å². The molecule has 2 aromatic carbocycles. The number of nitrogens with zero attached hydrogens (tertiary/aromatic N) is 1. The molecular weight excluding hydrogens is 428 g/mol. The zero-order valence-electron chi connectivity index (χ0n) is 16.5. The fraction of sp³-hybridized carbons (Fsp3) is 0.333. The Morgan fingerprint density at radius 3 is 2.66 bits per heavy atom. The summed E-state index contributed by atoms with van der Waals surface area (Å²) >= 11 is 3.42. The van der Waals surface area contributed by atoms with E-state index in [-0.39, 0.29) is 17.5 Å². The van der Waals surface area contributed by atoms with E-state index in [4.69, 9.17) is 4.74 Å². The summed E-state index contributed by atoms with van der Waals surface area (Å²) in [4.78, 5) is 12.7. The molecule has 2 atom stereocenters. The quantitative estimate of drug-likeness (QED) is 0.456. The number of hydrogen-bond acceptors (Lipinski definition) is 3. The molecule has 4 nitrogen and oxygen atoms in total. The van der Waals surface area contributed by atoms with Crippen molar-refractivity contribution in [2.75, 3.05) is 0 Å². The highest BCUT2D eigenvalue weighted by molar-refractivity contribution is 9.10. The molecule has 0 radical (unpaired) electrons. The minimum absolute atomic E-state index is 0.0995. The molecule has 1 aliphatic rings. The van der Waals surface area contributed by atoms with Crippen molar-refractivity contribution in [1.82, 2.24) is 5.32 Å². The lowest BCUT2D eigenvalue weighted by Crippen LogP contribution is -2.41. The van der Waals surface area contributed by atoms with Crippen molar-refractivity contribution in [2.24, 2.45) is 5.92 Å². The molecule has 1 aliphatic carbocycles. The van der Waals surface area contributed by atoms with Gasteiger partial charge >= 0.3 is 0 Å². The van der Waals surface area contributed by atoms with E-state index in [0.29, 0.717) is 23.8 Å². The van der Waals surface area contributed by atoms with E-state index in [9.17, 15) is 10.1 Å². The number of benzene rings is 2. The minimum Gasteiger partial charge on any atom is -0.488 e. The van der Waals surface area contributed by atoms with Crippen molar-refractivity contribution in [1.29, 1.82) is 5.26 Å². The zero-order valence-corrected chi connectivity index (χ0v) is 18.1. The molecule has 0 spiro atoms. The van der Waals surface area contributed by atoms with Gasteiger partial charge in [-0.05, 0) is 48.6 Å². The van der Waals surface area contributed by atoms with Crippen LogP contribution >= 0.6 is 15.9 Å². The summed E-state index contributed by atoms with van der Waals surface area (Å²) < 4.78 is 6.97. The lowest BCUT2D eigenvalue weighted by molar-refractivity contribution is -0.118. The number of nitrogens with one attached hydrogen (secondary N) is 1. The predicted octanol–water partition coefficient (Wildman–Crippen LogP) is 5.63. The van der Waals surface area contributed by atoms with Gasteiger partial charge in [-0.25, -0.2) is 0 Å². The number of carbonyl (C=O) groups excluding carboxylic acids is 1. The smallest absolute Gasteiger partial charge is 0.262 e. The van der Waals surface area contributed by atoms with Crippen LogP contribution in [0.4, 0.5) is 0 Å². The van der Waals surface area contributed by atoms with Crippen molar-refractivity contribution in [3.8, 4) is 11.8 Å². The van der Waals surface area contributed by atoms with E-state index in [1.54, 1.807) is 6.08 Å². The van der Waals surface area contributed by atoms with Crippen LogP contribution in [0.3, 0.4) is 0 Å². The van der Waals surface area contributed by atoms with Crippen LogP contribution in [-0.4, -0.2) is 11.9 Å². The Hall–Kier alpha value is -2.58. The maximum absolute atomic E-state index is 12.7. The highest BCUT2D eigenvalue weighted by atomic mass is 79.9. The van der Waals surface area contributed by atoms with Crippen molar-refractivity contribution in [3.05, 3.63) is 69.7 Å². The van der Waals surface area contributed by atoms with Crippen LogP contribution in [-0.2, 0) is 11.4 Å². The molecule has 2 aromatic rings. The second-order valence-corrected chi connectivity index (χ2v) is 8.38. The van der Waals surface area contributed by atoms with Crippen LogP contribution < -0.4 is 10.1 Å². The normalized spacial score (nSPS) is 19.3. The number of para-hydroxylation sites is 1. The molecule has 0 saturated heterocycles. The summed E-state index contributed by atoms with van der Waals surface area (Å²) in [6, 6.07) is 17.5. The highest BCUT2D eigenvalue weighted by Gasteiger charge is 2.24. The Morgan fingerprint density at radius 1 is 1.21 bits per heavy atom. The van der Waals surface area contributed by atoms with Crippen LogP contribution in [0.25, 0.3) is 6.08 Å². The van der Waals surface area contributed by atoms with Gasteiger partial charge in [0.2, 0.25) is 0 Å². The molecule has 1 amide bonds. The van der Waals surface area contributed by atoms with Crippen LogP contribution in [0.2, 0.25) is 0 Å². The van der Waals surface area contributed by atoms with Gasteiger partial charge in [0.1, 0.15) is 24.0 Å². The Bertz CT molecular complexity index is 915. The highest BCUT2D eigenvalue weighted by Crippen LogP contribution is 2.25. The van der Waals surface area contributed by atoms with Crippen LogP contribution in [0.5, 0.6) is 5.75 Å². The van der Waals surface area contributed by atoms with Crippen molar-refractivity contribution in [3.63, 3.8) is 0 Å². The van der Waals surface area contributed by atoms with E-state index in [1.165, 1.54) is 6.42 Å². The van der Waals surface area contributed by atoms with Crippen molar-refractivity contribution >= 4 is 27.9 Å². The third-order valence-corrected chi connectivity index (χ3v) is 5.85. The summed E-state index contributed by atoms with van der Waals surface area (Å²) in [5.74, 6) is 0.769. The average molecular weight is 453 g/mol. The second kappa shape index (κ2) is 10.3. The molecule has 150 valence electrons. The first kappa shape index (κ1) is 21.1. The van der Waals surface area contributed by atoms with E-state index in [2.05, 4.69) is 34.2 Å². The Labute approximate surface area is 180 Å². The van der Waals surface area contributed by atoms with Gasteiger partial charge < -0.3 is 10.1 Å². The van der Waals surface area contributed by atoms with Gasteiger partial charge in [-0.1, -0.05) is 66.0 Å². The minimum atomic E-state index is -0.311. The summed E-state index contributed by atoms with van der Waals surface area (Å²) in [5.41, 5.74) is 1.85. The number of nitriles is 1. The lowest BCUT2D eigenvalue weighted by Gasteiger charge is -2.29. The number of rotatable bonds is 6. The molecule has 1 N–H and O–H groups in total. The van der Waals surface area contributed by atoms with Crippen LogP contribution in [0, 0.1) is 17.2 Å². The molecule has 3 rings (SSSR count). The monoisotopic (exact) mass is 452 g/mol. The first-order valence-electron chi connectivity index (χ1n) is 9.95. The number of hydrogen-bond donors (Lipinski definition) is 1. The molecule has 0 aromatic heterocycles. The Kier molecular flexibility index (Phi) is 7.48. The molecule has 29 heavy (non-hydrogen) atoms. The van der Waals surface area contributed by atoms with Crippen molar-refractivity contribution in [2.45, 2.75) is 45.3 Å². The second-order valence-electron chi connectivity index (χ2n) is 7.46. The lowest BCUT2D eigenvalue weighted by atomic mass is 9.86. The Morgan fingerprint density at radius 2 is 1.93 bits per heavy atom. The van der Waals surface area contributed by atoms with Gasteiger partial charge in [0, 0.05) is 16.1 Å². The topological polar surface area (TPSA) is 62.1 Å². The van der Waals surface area contributed by atoms with Gasteiger partial charge in [-0.15, -0.1) is 0 Å². The van der Waals surface area contributed by atoms with Crippen LogP contribution in [0.1, 0.15) is 43.7 Å². The van der Waals surface area contributed by atoms with E-state index in [1.807, 2.05) is 48.5 Å². The number of amides is 1. The third-order valence-electron chi connectivity index (χ3n) is 5.32. The molecule has 5 heteroatoms. The van der Waals surface area contributed by atoms with Crippen molar-refractivity contribution < 1.29 is 9.53 Å². The Balaban J connectivity index is 1.72. The zero-order chi connectivity index (χ0) is 20.6. The van der Waals surface area contributed by atoms with Gasteiger partial charge in [0.25, 0.3) is 5.91 Å². The first-order chi connectivity index (χ1) is 14.1. The van der Waals surface area contributed by atoms with Crippen LogP contribution in [0.15, 0.2) is 58.6 Å². The molecule has 1 saturated carbocycles. The molecule has 1 fully saturated rings. The summed E-state index contributed by atoms with van der Waals surface area (Å²) in [7, 11) is 0. The van der Waals surface area contributed by atoms with Gasteiger partial charge in [-0.3, -0.25) is 4.79 Å². The van der Waals surface area contributed by atoms with E-state index < -0.39 is 0 Å². The predicted molar refractivity (Wildman–Crippen MR) is 118 cm³/mol. The van der Waals surface area contributed by atoms with E-state index in [0.717, 1.165) is 29.3 Å². The number of ether oxygens (including phenoxy) is 1. The summed E-state index contributed by atoms with van der Waals surface area (Å²) in [6.45, 7) is 2.57. The molecule has 0 bridgehead atoms. The first-order valence-corrected chi connectivity index (χ1v) is 10.7. The molecule has 0 heterocycles. The van der Waals surface area contributed by atoms with E-state index >= 15 is 0 Å². The summed E-state index contributed by atoms with van der Waals surface area (Å²) in [6.07, 6.45) is 6.02. The number of carbonyl (C=O) groups is 1. The molecule has 0 unspecified atom stereocenters. The average Bonchev–Trinajstić information content (AvgIpc) is 2.74. The van der Waals surface area contributed by atoms with Gasteiger partial charge in [0.15, 0.2) is 0 Å². The molecular formula is C24H25BrN2O2. The maximum atomic E-state index is 12.7. The SMILES string of the molecule is C[C@H]1CCCC[C@@H]1NC(=O)/C(C#N)=C/c1ccccc1OCc1ccc(Br)cc1. The fourth-order valence-electron chi connectivity index (χ4n) is 3.55. The molecule has 0 aliphatic heterocycles. The standard InChI is InChI=1S/C24H25BrN2O2/c1-17-6-2-4-8-22(17)27-24(28)20(15-26)14-19-7-3-5-9-23(19)29-16-18-10-12-21(25)13-11-18/h3,5,7,9-14,17,22H,2,4,6,8,16H2,1H3,(H,27,28)/b20-14+/t17-,22-/m0/s1.